The normalized spacial score (nSPS) is 9.48. The second kappa shape index (κ2) is 13.2. The molecule has 0 aliphatic heterocycles. The molecule has 0 aliphatic carbocycles. The van der Waals surface area contributed by atoms with Gasteiger partial charge in [0, 0.05) is 0 Å². The second-order valence-corrected chi connectivity index (χ2v) is 8.08. The van der Waals surface area contributed by atoms with Crippen LogP contribution in [0.15, 0.2) is 121 Å². The van der Waals surface area contributed by atoms with Crippen molar-refractivity contribution in [3.63, 3.8) is 0 Å². The van der Waals surface area contributed by atoms with E-state index in [-0.39, 0.29) is 37.7 Å². The van der Waals surface area contributed by atoms with Crippen molar-refractivity contribution in [2.75, 3.05) is 0 Å². The molecule has 0 unspecified atom stereocenters. The average molecular weight is 410 g/mol. The molecule has 0 aromatic heterocycles. The van der Waals surface area contributed by atoms with Crippen LogP contribution in [0.25, 0.3) is 0 Å². The van der Waals surface area contributed by atoms with Crippen molar-refractivity contribution in [2.45, 2.75) is 0 Å². The molecule has 0 saturated carbocycles. The molecule has 4 aromatic rings. The largest absolute Gasteiger partial charge is 2.00 e. The van der Waals surface area contributed by atoms with Crippen LogP contribution in [0.2, 0.25) is 0 Å². The van der Waals surface area contributed by atoms with Gasteiger partial charge in [-0.15, -0.1) is 0 Å². The van der Waals surface area contributed by atoms with Crippen molar-refractivity contribution in [1.29, 1.82) is 0 Å². The Balaban J connectivity index is 0.000000187. The number of hydrogen-bond donors (Lipinski definition) is 0. The Kier molecular flexibility index (Phi) is 10.9. The molecular formula is C24H20CaP2. The van der Waals surface area contributed by atoms with Gasteiger partial charge in [-0.2, -0.15) is 0 Å². The number of benzene rings is 4. The molecule has 0 radical (unpaired) electrons. The summed E-state index contributed by atoms with van der Waals surface area (Å²) >= 11 is 0. The van der Waals surface area contributed by atoms with Gasteiger partial charge >= 0.3 is 37.7 Å². The molecule has 0 heterocycles. The Morgan fingerprint density at radius 1 is 0.296 bits per heavy atom. The summed E-state index contributed by atoms with van der Waals surface area (Å²) in [5, 5.41) is 5.37. The molecule has 0 N–H and O–H groups in total. The van der Waals surface area contributed by atoms with E-state index in [1.165, 1.54) is 38.4 Å². The third-order valence-electron chi connectivity index (χ3n) is 3.54. The van der Waals surface area contributed by atoms with Crippen LogP contribution in [0, 0.1) is 0 Å². The summed E-state index contributed by atoms with van der Waals surface area (Å²) in [6, 6.07) is 42.0. The fourth-order valence-corrected chi connectivity index (χ4v) is 4.19. The maximum atomic E-state index is 2.15. The number of hydrogen-bond acceptors (Lipinski definition) is 0. The quantitative estimate of drug-likeness (QED) is 0.335. The maximum absolute atomic E-state index is 2.15. The van der Waals surface area contributed by atoms with Gasteiger partial charge < -0.3 is 17.2 Å². The molecule has 0 amide bonds. The van der Waals surface area contributed by atoms with Crippen LogP contribution in [-0.2, 0) is 0 Å². The zero-order valence-electron chi connectivity index (χ0n) is 15.1. The second-order valence-electron chi connectivity index (χ2n) is 5.57. The molecule has 0 aliphatic rings. The Bertz CT molecular complexity index is 715. The summed E-state index contributed by atoms with van der Waals surface area (Å²) in [6.45, 7) is 0. The topological polar surface area (TPSA) is 0 Å². The zero-order chi connectivity index (χ0) is 17.9. The minimum absolute atomic E-state index is 0. The SMILES string of the molecule is [Ca+2].c1ccc([P-]c2ccccc2)cc1.c1ccc([P-]c2ccccc2)cc1. The molecule has 0 saturated heterocycles. The first-order valence-corrected chi connectivity index (χ1v) is 10.3. The molecule has 0 nitrogen and oxygen atoms in total. The standard InChI is InChI=1S/2C12H10P.Ca/c2*1-3-7-11(8-4-1)13-12-9-5-2-6-10-12;/h2*1-10H;/q2*-1;+2. The van der Waals surface area contributed by atoms with Crippen LogP contribution in [0.5, 0.6) is 0 Å². The predicted molar refractivity (Wildman–Crippen MR) is 124 cm³/mol. The molecule has 27 heavy (non-hydrogen) atoms. The molecule has 128 valence electrons. The first-order valence-electron chi connectivity index (χ1n) is 8.54. The third kappa shape index (κ3) is 8.69. The molecule has 0 atom stereocenters. The number of rotatable bonds is 4. The van der Waals surface area contributed by atoms with Crippen LogP contribution < -0.4 is 21.2 Å². The molecule has 3 heteroatoms. The van der Waals surface area contributed by atoms with Crippen molar-refractivity contribution in [3.8, 4) is 0 Å². The van der Waals surface area contributed by atoms with E-state index in [4.69, 9.17) is 0 Å². The van der Waals surface area contributed by atoms with Crippen LogP contribution in [0.1, 0.15) is 0 Å². The Morgan fingerprint density at radius 2 is 0.481 bits per heavy atom. The first-order chi connectivity index (χ1) is 12.9. The molecule has 4 aromatic carbocycles. The Morgan fingerprint density at radius 3 is 0.667 bits per heavy atom. The van der Waals surface area contributed by atoms with Gasteiger partial charge in [0.15, 0.2) is 0 Å². The summed E-state index contributed by atoms with van der Waals surface area (Å²) < 4.78 is 0. The van der Waals surface area contributed by atoms with E-state index in [0.717, 1.165) is 0 Å². The summed E-state index contributed by atoms with van der Waals surface area (Å²) in [5.74, 6) is 0. The van der Waals surface area contributed by atoms with Crippen LogP contribution >= 0.6 is 17.2 Å². The van der Waals surface area contributed by atoms with Gasteiger partial charge in [0.2, 0.25) is 0 Å². The van der Waals surface area contributed by atoms with Crippen molar-refractivity contribution in [2.24, 2.45) is 0 Å². The van der Waals surface area contributed by atoms with E-state index >= 15 is 0 Å². The van der Waals surface area contributed by atoms with Crippen molar-refractivity contribution < 1.29 is 0 Å². The van der Waals surface area contributed by atoms with Crippen LogP contribution in [0.3, 0.4) is 0 Å². The van der Waals surface area contributed by atoms with Gasteiger partial charge in [0.1, 0.15) is 0 Å². The van der Waals surface area contributed by atoms with Gasteiger partial charge in [0.25, 0.3) is 0 Å². The average Bonchev–Trinajstić information content (AvgIpc) is 2.72. The van der Waals surface area contributed by atoms with Crippen molar-refractivity contribution >= 4 is 76.1 Å². The van der Waals surface area contributed by atoms with Gasteiger partial charge in [-0.25, -0.2) is 21.2 Å². The maximum Gasteiger partial charge on any atom is 2.00 e. The molecular weight excluding hydrogens is 390 g/mol. The van der Waals surface area contributed by atoms with E-state index in [1.807, 2.05) is 24.3 Å². The van der Waals surface area contributed by atoms with E-state index in [1.54, 1.807) is 0 Å². The van der Waals surface area contributed by atoms with Gasteiger partial charge in [-0.3, -0.25) is 0 Å². The molecule has 4 rings (SSSR count). The van der Waals surface area contributed by atoms with E-state index in [0.29, 0.717) is 0 Å². The molecule has 0 bridgehead atoms. The Hall–Kier alpha value is -1.00. The van der Waals surface area contributed by atoms with Crippen LogP contribution in [0.4, 0.5) is 0 Å². The molecule has 0 fully saturated rings. The van der Waals surface area contributed by atoms with Crippen molar-refractivity contribution in [1.82, 2.24) is 0 Å². The minimum Gasteiger partial charge on any atom is -0.472 e. The fourth-order valence-electron chi connectivity index (χ4n) is 2.31. The minimum atomic E-state index is 0. The van der Waals surface area contributed by atoms with Crippen LogP contribution in [-0.4, -0.2) is 37.7 Å². The Labute approximate surface area is 196 Å². The fraction of sp³-hybridized carbons (Fsp3) is 0. The van der Waals surface area contributed by atoms with Gasteiger partial charge in [0.05, 0.1) is 0 Å². The van der Waals surface area contributed by atoms with E-state index in [2.05, 4.69) is 97.1 Å². The summed E-state index contributed by atoms with van der Waals surface area (Å²) in [5.41, 5.74) is 0. The van der Waals surface area contributed by atoms with Crippen molar-refractivity contribution in [3.05, 3.63) is 121 Å². The van der Waals surface area contributed by atoms with E-state index < -0.39 is 0 Å². The van der Waals surface area contributed by atoms with E-state index in [9.17, 15) is 0 Å². The zero-order valence-corrected chi connectivity index (χ0v) is 19.1. The third-order valence-corrected chi connectivity index (χ3v) is 5.77. The molecule has 0 spiro atoms. The summed E-state index contributed by atoms with van der Waals surface area (Å²) in [7, 11) is 2.56. The predicted octanol–water partition coefficient (Wildman–Crippen LogP) is 4.79. The smallest absolute Gasteiger partial charge is 0.472 e. The summed E-state index contributed by atoms with van der Waals surface area (Å²) in [4.78, 5) is 0. The van der Waals surface area contributed by atoms with Gasteiger partial charge in [-0.05, 0) is 0 Å². The summed E-state index contributed by atoms with van der Waals surface area (Å²) in [6.07, 6.45) is 0. The monoisotopic (exact) mass is 410 g/mol. The van der Waals surface area contributed by atoms with Gasteiger partial charge in [-0.1, -0.05) is 121 Å². The first kappa shape index (κ1) is 22.3.